The van der Waals surface area contributed by atoms with Gasteiger partial charge in [-0.2, -0.15) is 5.26 Å². The van der Waals surface area contributed by atoms with Crippen LogP contribution in [0.2, 0.25) is 0 Å². The number of thiophene rings is 1. The van der Waals surface area contributed by atoms with Gasteiger partial charge < -0.3 is 10.2 Å². The Hall–Kier alpha value is -3.50. The normalized spacial score (nSPS) is 13.7. The third-order valence-corrected chi connectivity index (χ3v) is 6.87. The lowest BCUT2D eigenvalue weighted by Gasteiger charge is -2.27. The summed E-state index contributed by atoms with van der Waals surface area (Å²) < 4.78 is 0. The van der Waals surface area contributed by atoms with Gasteiger partial charge in [0.25, 0.3) is 0 Å². The van der Waals surface area contributed by atoms with Crippen molar-refractivity contribution >= 4 is 28.2 Å². The first kappa shape index (κ1) is 21.7. The Kier molecular flexibility index (Phi) is 6.62. The molecule has 162 valence electrons. The summed E-state index contributed by atoms with van der Waals surface area (Å²) >= 11 is 1.41. The molecule has 0 bridgehead atoms. The summed E-state index contributed by atoms with van der Waals surface area (Å²) in [7, 11) is 0. The highest BCUT2D eigenvalue weighted by atomic mass is 32.1. The molecule has 32 heavy (non-hydrogen) atoms. The first-order valence-electron chi connectivity index (χ1n) is 10.6. The number of nitrogens with one attached hydrogen (secondary N) is 1. The summed E-state index contributed by atoms with van der Waals surface area (Å²) in [5, 5.41) is 13.3. The summed E-state index contributed by atoms with van der Waals surface area (Å²) in [6, 6.07) is 15.9. The zero-order chi connectivity index (χ0) is 22.5. The van der Waals surface area contributed by atoms with Crippen LogP contribution in [0.25, 0.3) is 0 Å². The van der Waals surface area contributed by atoms with Crippen molar-refractivity contribution in [2.45, 2.75) is 38.6 Å². The molecule has 3 heterocycles. The maximum absolute atomic E-state index is 12.7. The van der Waals surface area contributed by atoms with Gasteiger partial charge in [0.2, 0.25) is 11.8 Å². The lowest BCUT2D eigenvalue weighted by molar-refractivity contribution is -0.131. The lowest BCUT2D eigenvalue weighted by Crippen LogP contribution is -2.36. The second kappa shape index (κ2) is 9.75. The fourth-order valence-electron chi connectivity index (χ4n) is 3.96. The lowest BCUT2D eigenvalue weighted by atomic mass is 9.97. The van der Waals surface area contributed by atoms with Crippen molar-refractivity contribution in [3.8, 4) is 6.07 Å². The van der Waals surface area contributed by atoms with E-state index in [2.05, 4.69) is 16.4 Å². The molecule has 1 atom stereocenters. The minimum absolute atomic E-state index is 0.0519. The van der Waals surface area contributed by atoms with Crippen molar-refractivity contribution in [3.05, 3.63) is 82.0 Å². The molecule has 0 fully saturated rings. The molecule has 0 saturated heterocycles. The Bertz CT molecular complexity index is 1150. The topological polar surface area (TPSA) is 86.1 Å². The number of fused-ring (bicyclic) bond motifs is 1. The number of benzene rings is 1. The van der Waals surface area contributed by atoms with Crippen molar-refractivity contribution in [2.75, 3.05) is 11.9 Å². The number of nitriles is 1. The van der Waals surface area contributed by atoms with Gasteiger partial charge in [0.1, 0.15) is 11.1 Å². The van der Waals surface area contributed by atoms with Crippen molar-refractivity contribution in [2.24, 2.45) is 0 Å². The van der Waals surface area contributed by atoms with Gasteiger partial charge >= 0.3 is 0 Å². The third-order valence-electron chi connectivity index (χ3n) is 5.74. The van der Waals surface area contributed by atoms with Gasteiger partial charge in [0.05, 0.1) is 18.5 Å². The fourth-order valence-corrected chi connectivity index (χ4v) is 5.19. The quantitative estimate of drug-likeness (QED) is 0.615. The Morgan fingerprint density at radius 1 is 1.22 bits per heavy atom. The van der Waals surface area contributed by atoms with E-state index in [1.54, 1.807) is 12.4 Å². The summed E-state index contributed by atoms with van der Waals surface area (Å²) in [6.45, 7) is 3.06. The second-order valence-electron chi connectivity index (χ2n) is 7.98. The predicted octanol–water partition coefficient (Wildman–Crippen LogP) is 4.27. The van der Waals surface area contributed by atoms with E-state index in [0.717, 1.165) is 21.6 Å². The summed E-state index contributed by atoms with van der Waals surface area (Å²) in [5.74, 6) is 0.0238. The summed E-state index contributed by atoms with van der Waals surface area (Å²) in [4.78, 5) is 32.2. The molecular formula is C25H24N4O2S. The number of carbonyl (C=O) groups excluding carboxylic acids is 2. The molecule has 2 aromatic heterocycles. The molecule has 1 aromatic carbocycles. The monoisotopic (exact) mass is 444 g/mol. The smallest absolute Gasteiger partial charge is 0.227 e. The van der Waals surface area contributed by atoms with E-state index in [1.807, 2.05) is 54.3 Å². The van der Waals surface area contributed by atoms with Crippen LogP contribution in [0.5, 0.6) is 0 Å². The number of anilines is 1. The third kappa shape index (κ3) is 4.87. The first-order valence-corrected chi connectivity index (χ1v) is 11.4. The molecule has 1 aliphatic heterocycles. The molecule has 6 nitrogen and oxygen atoms in total. The van der Waals surface area contributed by atoms with Gasteiger partial charge in [0, 0.05) is 30.2 Å². The van der Waals surface area contributed by atoms with E-state index in [4.69, 9.17) is 0 Å². The van der Waals surface area contributed by atoms with Crippen LogP contribution in [0.15, 0.2) is 54.9 Å². The Balaban J connectivity index is 1.43. The van der Waals surface area contributed by atoms with Crippen LogP contribution in [-0.2, 0) is 29.0 Å². The highest BCUT2D eigenvalue weighted by Gasteiger charge is 2.27. The number of hydrogen-bond acceptors (Lipinski definition) is 5. The molecule has 2 amide bonds. The largest absolute Gasteiger partial charge is 0.337 e. The number of hydrogen-bond donors (Lipinski definition) is 1. The molecule has 0 aliphatic carbocycles. The zero-order valence-corrected chi connectivity index (χ0v) is 18.7. The number of nitrogens with zero attached hydrogens (tertiary/aromatic N) is 3. The first-order chi connectivity index (χ1) is 15.5. The average Bonchev–Trinajstić information content (AvgIpc) is 3.16. The Morgan fingerprint density at radius 2 is 1.97 bits per heavy atom. The standard InChI is InChI=1S/C25H24N4O2S/c1-17(19-5-3-2-4-6-19)13-23(30)28-25-21(15-26)20-9-12-29(16-22(20)32-25)24(31)14-18-7-10-27-11-8-18/h2-8,10-11,17H,9,12-14,16H2,1H3,(H,28,30)/t17-/m0/s1. The highest BCUT2D eigenvalue weighted by Crippen LogP contribution is 2.37. The van der Waals surface area contributed by atoms with Crippen LogP contribution in [0.4, 0.5) is 5.00 Å². The summed E-state index contributed by atoms with van der Waals surface area (Å²) in [6.07, 6.45) is 4.66. The zero-order valence-electron chi connectivity index (χ0n) is 17.9. The van der Waals surface area contributed by atoms with E-state index in [9.17, 15) is 14.9 Å². The Labute approximate surface area is 191 Å². The van der Waals surface area contributed by atoms with E-state index in [-0.39, 0.29) is 17.7 Å². The average molecular weight is 445 g/mol. The maximum Gasteiger partial charge on any atom is 0.227 e. The molecule has 3 aromatic rings. The van der Waals surface area contributed by atoms with Crippen molar-refractivity contribution in [3.63, 3.8) is 0 Å². The SMILES string of the molecule is C[C@@H](CC(=O)Nc1sc2c(c1C#N)CCN(C(=O)Cc1ccncc1)C2)c1ccccc1. The van der Waals surface area contributed by atoms with Gasteiger partial charge in [-0.1, -0.05) is 37.3 Å². The van der Waals surface area contributed by atoms with Crippen molar-refractivity contribution in [1.29, 1.82) is 5.26 Å². The van der Waals surface area contributed by atoms with Crippen molar-refractivity contribution < 1.29 is 9.59 Å². The highest BCUT2D eigenvalue weighted by molar-refractivity contribution is 7.16. The van der Waals surface area contributed by atoms with Gasteiger partial charge in [-0.15, -0.1) is 11.3 Å². The maximum atomic E-state index is 12.7. The van der Waals surface area contributed by atoms with Gasteiger partial charge in [-0.25, -0.2) is 0 Å². The number of aromatic nitrogens is 1. The van der Waals surface area contributed by atoms with Crippen LogP contribution >= 0.6 is 11.3 Å². The van der Waals surface area contributed by atoms with Crippen LogP contribution in [-0.4, -0.2) is 28.2 Å². The van der Waals surface area contributed by atoms with E-state index < -0.39 is 0 Å². The van der Waals surface area contributed by atoms with Gasteiger partial charge in [-0.3, -0.25) is 14.6 Å². The van der Waals surface area contributed by atoms with E-state index in [1.165, 1.54) is 11.3 Å². The van der Waals surface area contributed by atoms with E-state index in [0.29, 0.717) is 42.9 Å². The van der Waals surface area contributed by atoms with Crippen LogP contribution in [0.1, 0.15) is 46.4 Å². The van der Waals surface area contributed by atoms with Gasteiger partial charge in [-0.05, 0) is 41.2 Å². The minimum atomic E-state index is -0.109. The molecule has 0 saturated carbocycles. The Morgan fingerprint density at radius 3 is 2.69 bits per heavy atom. The molecular weight excluding hydrogens is 420 g/mol. The molecule has 0 unspecified atom stereocenters. The van der Waals surface area contributed by atoms with Crippen LogP contribution in [0.3, 0.4) is 0 Å². The molecule has 4 rings (SSSR count). The number of amides is 2. The second-order valence-corrected chi connectivity index (χ2v) is 9.09. The summed E-state index contributed by atoms with van der Waals surface area (Å²) in [5.41, 5.74) is 3.53. The minimum Gasteiger partial charge on any atom is -0.337 e. The molecule has 7 heteroatoms. The van der Waals surface area contributed by atoms with Crippen molar-refractivity contribution in [1.82, 2.24) is 9.88 Å². The number of carbonyl (C=O) groups is 2. The van der Waals surface area contributed by atoms with Crippen LogP contribution < -0.4 is 5.32 Å². The number of rotatable bonds is 6. The number of pyridine rings is 1. The fraction of sp³-hybridized carbons (Fsp3) is 0.280. The molecule has 1 aliphatic rings. The van der Waals surface area contributed by atoms with Crippen LogP contribution in [0, 0.1) is 11.3 Å². The molecule has 0 radical (unpaired) electrons. The molecule has 0 spiro atoms. The van der Waals surface area contributed by atoms with E-state index >= 15 is 0 Å². The molecule has 1 N–H and O–H groups in total. The van der Waals surface area contributed by atoms with Gasteiger partial charge in [0.15, 0.2) is 0 Å². The predicted molar refractivity (Wildman–Crippen MR) is 124 cm³/mol.